The van der Waals surface area contributed by atoms with Crippen LogP contribution >= 0.6 is 0 Å². The van der Waals surface area contributed by atoms with Gasteiger partial charge in [0, 0.05) is 0 Å². The number of aliphatic hydroxyl groups is 4. The van der Waals surface area contributed by atoms with Gasteiger partial charge in [-0.25, -0.2) is 0 Å². The molecule has 10 nitrogen and oxygen atoms in total. The van der Waals surface area contributed by atoms with Crippen molar-refractivity contribution in [2.24, 2.45) is 11.5 Å². The maximum absolute atomic E-state index is 9.65. The molecule has 0 aromatic carbocycles. The number of hydrogen-bond donors (Lipinski definition) is 8. The Balaban J connectivity index is -0.000000190. The molecule has 0 aliphatic carbocycles. The lowest BCUT2D eigenvalue weighted by molar-refractivity contribution is -0.139. The highest BCUT2D eigenvalue weighted by Gasteiger charge is 2.07. The van der Waals surface area contributed by atoms with E-state index in [-0.39, 0.29) is 19.8 Å². The van der Waals surface area contributed by atoms with Crippen LogP contribution in [0.3, 0.4) is 0 Å². The summed E-state index contributed by atoms with van der Waals surface area (Å²) in [6, 6.07) is -1.13. The van der Waals surface area contributed by atoms with Gasteiger partial charge < -0.3 is 42.1 Å². The van der Waals surface area contributed by atoms with Crippen LogP contribution in [0.1, 0.15) is 0 Å². The molecule has 0 radical (unpaired) electrons. The molecule has 0 aromatic heterocycles. The first-order valence-corrected chi connectivity index (χ1v) is 4.67. The zero-order valence-electron chi connectivity index (χ0n) is 9.64. The van der Waals surface area contributed by atoms with Crippen molar-refractivity contribution < 1.29 is 40.2 Å². The van der Waals surface area contributed by atoms with Gasteiger partial charge in [0.05, 0.1) is 26.4 Å². The van der Waals surface area contributed by atoms with Crippen LogP contribution in [-0.4, -0.2) is 81.1 Å². The van der Waals surface area contributed by atoms with E-state index in [2.05, 4.69) is 5.73 Å². The van der Waals surface area contributed by atoms with Crippen molar-refractivity contribution >= 4 is 11.9 Å². The summed E-state index contributed by atoms with van der Waals surface area (Å²) in [6.45, 7) is -1.51. The van der Waals surface area contributed by atoms with E-state index >= 15 is 0 Å². The maximum atomic E-state index is 9.65. The van der Waals surface area contributed by atoms with E-state index in [9.17, 15) is 9.59 Å². The van der Waals surface area contributed by atoms with Gasteiger partial charge in [0.15, 0.2) is 0 Å². The van der Waals surface area contributed by atoms with E-state index < -0.39 is 30.7 Å². The minimum Gasteiger partial charge on any atom is -0.480 e. The average Bonchev–Trinajstić information content (AvgIpc) is 2.37. The third kappa shape index (κ3) is 24.1. The second-order valence-electron chi connectivity index (χ2n) is 2.74. The highest BCUT2D eigenvalue weighted by molar-refractivity contribution is 5.73. The first kappa shape index (κ1) is 21.9. The molecule has 0 aliphatic heterocycles. The van der Waals surface area contributed by atoms with Crippen LogP contribution in [0.15, 0.2) is 0 Å². The van der Waals surface area contributed by atoms with Crippen LogP contribution in [0.4, 0.5) is 0 Å². The van der Waals surface area contributed by atoms with Crippen LogP contribution in [-0.2, 0) is 9.59 Å². The molecule has 10 N–H and O–H groups in total. The van der Waals surface area contributed by atoms with Gasteiger partial charge >= 0.3 is 11.9 Å². The fourth-order valence-corrected chi connectivity index (χ4v) is 0.136. The van der Waals surface area contributed by atoms with Gasteiger partial charge in [-0.2, -0.15) is 0 Å². The van der Waals surface area contributed by atoms with Crippen molar-refractivity contribution in [3.63, 3.8) is 0 Å². The SMILES string of the molecule is NCC(=O)O.N[C@@H](CO)C(=O)O.OCC(O)CO. The molecule has 0 saturated carbocycles. The van der Waals surface area contributed by atoms with Crippen LogP contribution in [0.2, 0.25) is 0 Å². The largest absolute Gasteiger partial charge is 0.480 e. The summed E-state index contributed by atoms with van der Waals surface area (Å²) >= 11 is 0. The Kier molecular flexibility index (Phi) is 19.1. The summed E-state index contributed by atoms with van der Waals surface area (Å²) in [7, 11) is 0. The Hall–Kier alpha value is -1.30. The van der Waals surface area contributed by atoms with Crippen molar-refractivity contribution in [1.82, 2.24) is 0 Å². The van der Waals surface area contributed by atoms with Crippen molar-refractivity contribution in [2.75, 3.05) is 26.4 Å². The lowest BCUT2D eigenvalue weighted by Crippen LogP contribution is -2.33. The minimum absolute atomic E-state index is 0.278. The Morgan fingerprint density at radius 2 is 1.33 bits per heavy atom. The number of carbonyl (C=O) groups is 2. The van der Waals surface area contributed by atoms with Crippen molar-refractivity contribution in [1.29, 1.82) is 0 Å². The monoisotopic (exact) mass is 272 g/mol. The number of aliphatic hydroxyl groups excluding tert-OH is 4. The number of rotatable bonds is 5. The predicted octanol–water partition coefficient (Wildman–Crippen LogP) is -4.25. The normalized spacial score (nSPS) is 10.6. The Morgan fingerprint density at radius 3 is 1.33 bits per heavy atom. The molecule has 0 rings (SSSR count). The highest BCUT2D eigenvalue weighted by Crippen LogP contribution is 1.72. The molecular formula is C8H20N2O8. The molecule has 1 atom stereocenters. The summed E-state index contributed by atoms with van der Waals surface area (Å²) in [5, 5.41) is 47.5. The van der Waals surface area contributed by atoms with Gasteiger partial charge in [-0.15, -0.1) is 0 Å². The number of carboxylic acid groups (broad SMARTS) is 2. The lowest BCUT2D eigenvalue weighted by Gasteiger charge is -1.96. The summed E-state index contributed by atoms with van der Waals surface area (Å²) in [6.07, 6.45) is -0.954. The topological polar surface area (TPSA) is 208 Å². The quantitative estimate of drug-likeness (QED) is 0.241. The number of aliphatic carboxylic acids is 2. The Morgan fingerprint density at radius 1 is 1.00 bits per heavy atom. The zero-order valence-corrected chi connectivity index (χ0v) is 9.64. The molecule has 0 heterocycles. The Labute approximate surface area is 103 Å². The molecule has 0 aromatic rings. The van der Waals surface area contributed by atoms with E-state index in [1.54, 1.807) is 0 Å². The average molecular weight is 272 g/mol. The van der Waals surface area contributed by atoms with Gasteiger partial charge in [-0.05, 0) is 0 Å². The van der Waals surface area contributed by atoms with Crippen molar-refractivity contribution in [2.45, 2.75) is 12.1 Å². The zero-order chi connectivity index (χ0) is 15.1. The van der Waals surface area contributed by atoms with Crippen molar-refractivity contribution in [3.8, 4) is 0 Å². The van der Waals surface area contributed by atoms with E-state index in [4.69, 9.17) is 36.4 Å². The molecule has 0 saturated heterocycles. The van der Waals surface area contributed by atoms with E-state index in [0.29, 0.717) is 0 Å². The van der Waals surface area contributed by atoms with Gasteiger partial charge in [-0.1, -0.05) is 0 Å². The molecule has 0 amide bonds. The molecule has 0 bridgehead atoms. The summed E-state index contributed by atoms with van der Waals surface area (Å²) in [4.78, 5) is 18.9. The van der Waals surface area contributed by atoms with E-state index in [1.165, 1.54) is 0 Å². The number of nitrogens with two attached hydrogens (primary N) is 2. The Bertz CT molecular complexity index is 209. The van der Waals surface area contributed by atoms with Crippen LogP contribution < -0.4 is 11.5 Å². The molecule has 0 fully saturated rings. The summed E-state index contributed by atoms with van der Waals surface area (Å²) in [5.74, 6) is -2.15. The van der Waals surface area contributed by atoms with Gasteiger partial charge in [-0.3, -0.25) is 9.59 Å². The number of carboxylic acids is 2. The molecule has 0 aliphatic rings. The first-order chi connectivity index (χ1) is 8.26. The number of hydrogen-bond acceptors (Lipinski definition) is 8. The van der Waals surface area contributed by atoms with Crippen LogP contribution in [0.5, 0.6) is 0 Å². The predicted molar refractivity (Wildman–Crippen MR) is 59.6 cm³/mol. The standard InChI is InChI=1S/C3H7NO3.C3H8O3.C2H5NO2/c4-2(1-5)3(6)7;4-1-3(6)2-5;3-1-2(4)5/h2,5H,1,4H2,(H,6,7);3-6H,1-2H2;1,3H2,(H,4,5)/t2-;;/m0../s1. The molecule has 0 unspecified atom stereocenters. The third-order valence-corrected chi connectivity index (χ3v) is 1.11. The van der Waals surface area contributed by atoms with Crippen molar-refractivity contribution in [3.05, 3.63) is 0 Å². The molecule has 18 heavy (non-hydrogen) atoms. The molecule has 10 heteroatoms. The molecule has 110 valence electrons. The van der Waals surface area contributed by atoms with E-state index in [0.717, 1.165) is 0 Å². The highest BCUT2D eigenvalue weighted by atomic mass is 16.4. The fourth-order valence-electron chi connectivity index (χ4n) is 0.136. The smallest absolute Gasteiger partial charge is 0.322 e. The minimum atomic E-state index is -1.18. The molecular weight excluding hydrogens is 252 g/mol. The van der Waals surface area contributed by atoms with Crippen LogP contribution in [0, 0.1) is 0 Å². The van der Waals surface area contributed by atoms with E-state index in [1.807, 2.05) is 0 Å². The van der Waals surface area contributed by atoms with Gasteiger partial charge in [0.1, 0.15) is 12.1 Å². The van der Waals surface area contributed by atoms with Gasteiger partial charge in [0.25, 0.3) is 0 Å². The lowest BCUT2D eigenvalue weighted by atomic mass is 10.3. The summed E-state index contributed by atoms with van der Waals surface area (Å²) < 4.78 is 0. The van der Waals surface area contributed by atoms with Gasteiger partial charge in [0.2, 0.25) is 0 Å². The fraction of sp³-hybridized carbons (Fsp3) is 0.750. The molecule has 0 spiro atoms. The second-order valence-corrected chi connectivity index (χ2v) is 2.74. The first-order valence-electron chi connectivity index (χ1n) is 4.67. The maximum Gasteiger partial charge on any atom is 0.322 e. The summed E-state index contributed by atoms with van der Waals surface area (Å²) in [5.41, 5.74) is 9.34. The third-order valence-electron chi connectivity index (χ3n) is 1.11. The van der Waals surface area contributed by atoms with Crippen LogP contribution in [0.25, 0.3) is 0 Å². The second kappa shape index (κ2) is 15.7.